The van der Waals surface area contributed by atoms with Gasteiger partial charge in [0.1, 0.15) is 18.2 Å². The number of para-hydroxylation sites is 1. The maximum atomic E-state index is 13.4. The van der Waals surface area contributed by atoms with Gasteiger partial charge in [-0.3, -0.25) is 14.5 Å². The van der Waals surface area contributed by atoms with Gasteiger partial charge in [-0.25, -0.2) is 4.79 Å². The van der Waals surface area contributed by atoms with Crippen molar-refractivity contribution in [3.63, 3.8) is 0 Å². The van der Waals surface area contributed by atoms with Gasteiger partial charge in [0.15, 0.2) is 0 Å². The van der Waals surface area contributed by atoms with Gasteiger partial charge in [-0.15, -0.1) is 0 Å². The number of benzene rings is 2. The summed E-state index contributed by atoms with van der Waals surface area (Å²) in [6, 6.07) is 15.4. The number of hydrogen-bond donors (Lipinski definition) is 2. The van der Waals surface area contributed by atoms with Crippen LogP contribution in [0.5, 0.6) is 0 Å². The van der Waals surface area contributed by atoms with Crippen LogP contribution in [0.4, 0.5) is 10.5 Å². The lowest BCUT2D eigenvalue weighted by molar-refractivity contribution is -0.134. The highest BCUT2D eigenvalue weighted by Gasteiger charge is 2.31. The fraction of sp³-hybridized carbons (Fsp3) is 0.269. The number of hydrogen-bond acceptors (Lipinski definition) is 4. The molecule has 0 fully saturated rings. The van der Waals surface area contributed by atoms with Crippen molar-refractivity contribution in [2.75, 3.05) is 11.9 Å². The van der Waals surface area contributed by atoms with Crippen molar-refractivity contribution < 1.29 is 19.1 Å². The summed E-state index contributed by atoms with van der Waals surface area (Å²) in [6.07, 6.45) is 6.53. The minimum Gasteiger partial charge on any atom is -0.444 e. The van der Waals surface area contributed by atoms with E-state index in [0.29, 0.717) is 11.3 Å². The smallest absolute Gasteiger partial charge is 0.408 e. The van der Waals surface area contributed by atoms with E-state index < -0.39 is 36.1 Å². The molecular weight excluding hydrogens is 418 g/mol. The van der Waals surface area contributed by atoms with Crippen LogP contribution >= 0.6 is 0 Å². The number of carbonyl (C=O) groups excluding carboxylic acids is 3. The number of nitrogens with one attached hydrogen (secondary N) is 2. The van der Waals surface area contributed by atoms with Gasteiger partial charge in [-0.2, -0.15) is 0 Å². The number of aryl methyl sites for hydroxylation is 1. The van der Waals surface area contributed by atoms with Gasteiger partial charge < -0.3 is 15.4 Å². The Morgan fingerprint density at radius 1 is 1.18 bits per heavy atom. The van der Waals surface area contributed by atoms with Crippen molar-refractivity contribution in [1.29, 1.82) is 0 Å². The first kappa shape index (κ1) is 25.2. The Hall–Kier alpha value is -4.05. The fourth-order valence-corrected chi connectivity index (χ4v) is 3.03. The molecule has 2 rings (SSSR count). The number of ether oxygens (including phenoxy) is 1. The molecule has 0 heterocycles. The lowest BCUT2D eigenvalue weighted by atomic mass is 10.0. The van der Waals surface area contributed by atoms with Crippen LogP contribution < -0.4 is 10.6 Å². The van der Waals surface area contributed by atoms with Crippen LogP contribution in [0.25, 0.3) is 6.08 Å². The Kier molecular flexibility index (Phi) is 8.41. The summed E-state index contributed by atoms with van der Waals surface area (Å²) in [5.41, 5.74) is 2.00. The first-order chi connectivity index (χ1) is 15.6. The molecule has 7 heteroatoms. The molecule has 0 aromatic heterocycles. The number of anilines is 1. The summed E-state index contributed by atoms with van der Waals surface area (Å²) in [7, 11) is 0. The van der Waals surface area contributed by atoms with E-state index in [1.165, 1.54) is 0 Å². The average Bonchev–Trinajstić information content (AvgIpc) is 2.76. The van der Waals surface area contributed by atoms with Crippen LogP contribution in [0.1, 0.15) is 43.5 Å². The van der Waals surface area contributed by atoms with Crippen molar-refractivity contribution in [2.45, 2.75) is 39.3 Å². The number of terminal acetylenes is 1. The molecule has 1 unspecified atom stereocenters. The van der Waals surface area contributed by atoms with E-state index in [1.807, 2.05) is 25.1 Å². The topological polar surface area (TPSA) is 87.7 Å². The van der Waals surface area contributed by atoms with Gasteiger partial charge in [-0.05, 0) is 56.5 Å². The number of nitrogens with zero attached hydrogens (tertiary/aromatic N) is 1. The van der Waals surface area contributed by atoms with E-state index >= 15 is 0 Å². The van der Waals surface area contributed by atoms with Gasteiger partial charge in [0.25, 0.3) is 11.8 Å². The zero-order valence-electron chi connectivity index (χ0n) is 19.3. The second kappa shape index (κ2) is 11.0. The zero-order chi connectivity index (χ0) is 24.6. The molecular formula is C26H29N3O4. The highest BCUT2D eigenvalue weighted by Crippen LogP contribution is 2.25. The van der Waals surface area contributed by atoms with Gasteiger partial charge in [0.2, 0.25) is 0 Å². The van der Waals surface area contributed by atoms with E-state index in [1.54, 1.807) is 57.2 Å². The number of carbonyl (C=O) groups is 3. The zero-order valence-corrected chi connectivity index (χ0v) is 19.3. The molecule has 2 aromatic rings. The fourth-order valence-electron chi connectivity index (χ4n) is 3.03. The van der Waals surface area contributed by atoms with Gasteiger partial charge in [0, 0.05) is 11.7 Å². The molecule has 0 saturated heterocycles. The quantitative estimate of drug-likeness (QED) is 0.490. The maximum Gasteiger partial charge on any atom is 0.408 e. The molecule has 0 aliphatic rings. The Morgan fingerprint density at radius 3 is 2.48 bits per heavy atom. The summed E-state index contributed by atoms with van der Waals surface area (Å²) in [6.45, 7) is 10.3. The largest absolute Gasteiger partial charge is 0.444 e. The van der Waals surface area contributed by atoms with E-state index in [-0.39, 0.29) is 0 Å². The highest BCUT2D eigenvalue weighted by atomic mass is 16.6. The number of alkyl carbamates (subject to hydrolysis) is 1. The van der Waals surface area contributed by atoms with Crippen molar-refractivity contribution in [3.8, 4) is 12.5 Å². The third-order valence-corrected chi connectivity index (χ3v) is 4.56. The van der Waals surface area contributed by atoms with Crippen LogP contribution in [-0.4, -0.2) is 35.0 Å². The van der Waals surface area contributed by atoms with E-state index in [2.05, 4.69) is 23.3 Å². The summed E-state index contributed by atoms with van der Waals surface area (Å²) in [5, 5.41) is 5.23. The van der Waals surface area contributed by atoms with E-state index in [4.69, 9.17) is 11.2 Å². The van der Waals surface area contributed by atoms with Crippen molar-refractivity contribution >= 4 is 29.7 Å². The highest BCUT2D eigenvalue weighted by molar-refractivity contribution is 5.99. The number of amides is 3. The van der Waals surface area contributed by atoms with Crippen molar-refractivity contribution in [2.24, 2.45) is 0 Å². The second-order valence-electron chi connectivity index (χ2n) is 8.33. The molecule has 7 nitrogen and oxygen atoms in total. The first-order valence-corrected chi connectivity index (χ1v) is 10.4. The lowest BCUT2D eigenvalue weighted by Crippen LogP contribution is -2.44. The Bertz CT molecular complexity index is 1080. The molecule has 0 aliphatic heterocycles. The molecule has 1 atom stereocenters. The Morgan fingerprint density at radius 2 is 1.88 bits per heavy atom. The summed E-state index contributed by atoms with van der Waals surface area (Å²) in [4.78, 5) is 39.2. The molecule has 33 heavy (non-hydrogen) atoms. The van der Waals surface area contributed by atoms with Gasteiger partial charge in [0.05, 0.1) is 0 Å². The summed E-state index contributed by atoms with van der Waals surface area (Å²) < 4.78 is 5.15. The summed E-state index contributed by atoms with van der Waals surface area (Å²) >= 11 is 0. The predicted molar refractivity (Wildman–Crippen MR) is 129 cm³/mol. The SMILES string of the molecule is C#CN(C(=O)CNC(=O)OC(C)(C)C)C(C(=O)Nc1ccccc1C)c1cccc(C=C)c1. The Labute approximate surface area is 194 Å². The molecule has 0 bridgehead atoms. The first-order valence-electron chi connectivity index (χ1n) is 10.4. The average molecular weight is 448 g/mol. The predicted octanol–water partition coefficient (Wildman–Crippen LogP) is 4.26. The molecule has 2 N–H and O–H groups in total. The van der Waals surface area contributed by atoms with Crippen molar-refractivity contribution in [3.05, 3.63) is 71.8 Å². The van der Waals surface area contributed by atoms with E-state index in [0.717, 1.165) is 16.0 Å². The molecule has 0 saturated carbocycles. The molecule has 0 aliphatic carbocycles. The maximum absolute atomic E-state index is 13.4. The monoisotopic (exact) mass is 447 g/mol. The molecule has 0 spiro atoms. The molecule has 2 aromatic carbocycles. The van der Waals surface area contributed by atoms with Gasteiger partial charge in [-0.1, -0.05) is 55.5 Å². The Balaban J connectivity index is 2.34. The standard InChI is InChI=1S/C26H29N3O4/c1-7-19-13-11-14-20(16-19)23(24(31)28-21-15-10-9-12-18(21)3)29(8-2)22(30)17-27-25(32)33-26(4,5)6/h2,7,9-16,23H,1,17H2,3-6H3,(H,27,32)(H,28,31). The van der Waals surface area contributed by atoms with Crippen LogP contribution in [0, 0.1) is 19.4 Å². The minimum absolute atomic E-state index is 0.436. The van der Waals surface area contributed by atoms with E-state index in [9.17, 15) is 14.4 Å². The van der Waals surface area contributed by atoms with Crippen LogP contribution in [-0.2, 0) is 14.3 Å². The van der Waals surface area contributed by atoms with Crippen LogP contribution in [0.3, 0.4) is 0 Å². The minimum atomic E-state index is -1.14. The van der Waals surface area contributed by atoms with Crippen LogP contribution in [0.2, 0.25) is 0 Å². The van der Waals surface area contributed by atoms with Crippen LogP contribution in [0.15, 0.2) is 55.1 Å². The van der Waals surface area contributed by atoms with Crippen molar-refractivity contribution in [1.82, 2.24) is 10.2 Å². The second-order valence-corrected chi connectivity index (χ2v) is 8.33. The lowest BCUT2D eigenvalue weighted by Gasteiger charge is -2.27. The third kappa shape index (κ3) is 7.25. The van der Waals surface area contributed by atoms with Gasteiger partial charge >= 0.3 is 6.09 Å². The molecule has 0 radical (unpaired) electrons. The molecule has 172 valence electrons. The summed E-state index contributed by atoms with van der Waals surface area (Å²) in [5.74, 6) is -1.13. The third-order valence-electron chi connectivity index (χ3n) is 4.56. The number of rotatable bonds is 7. The normalized spacial score (nSPS) is 11.5. The molecule has 3 amide bonds.